The van der Waals surface area contributed by atoms with Crippen LogP contribution in [-0.4, -0.2) is 270 Å². The van der Waals surface area contributed by atoms with Crippen LogP contribution in [0.5, 0.6) is 0 Å². The van der Waals surface area contributed by atoms with Gasteiger partial charge in [-0.1, -0.05) is 27.7 Å². The zero-order valence-corrected chi connectivity index (χ0v) is 45.9. The van der Waals surface area contributed by atoms with E-state index in [0.717, 1.165) is 38.5 Å². The molecule has 4 saturated carbocycles. The average Bonchev–Trinajstić information content (AvgIpc) is 1.93. The lowest BCUT2D eigenvalue weighted by molar-refractivity contribution is -0.417. The molecule has 11 aliphatic rings. The normalized spacial score (nSPS) is 57.6. The van der Waals surface area contributed by atoms with Crippen LogP contribution in [0.3, 0.4) is 0 Å². The van der Waals surface area contributed by atoms with Crippen LogP contribution < -0.4 is 0 Å². The van der Waals surface area contributed by atoms with Crippen molar-refractivity contribution in [2.45, 2.75) is 245 Å². The van der Waals surface area contributed by atoms with Crippen LogP contribution in [0.2, 0.25) is 0 Å². The third kappa shape index (κ3) is 10.6. The molecule has 0 amide bonds. The van der Waals surface area contributed by atoms with Gasteiger partial charge in [-0.05, 0) is 80.0 Å². The fourth-order valence-electron chi connectivity index (χ4n) is 16.5. The number of aliphatic hydroxyl groups excluding tert-OH is 14. The fraction of sp³-hybridized carbons (Fsp3) is 0.981. The van der Waals surface area contributed by atoms with Gasteiger partial charge in [0.15, 0.2) is 43.5 Å². The molecule has 27 nitrogen and oxygen atoms in total. The summed E-state index contributed by atoms with van der Waals surface area (Å²) in [4.78, 5) is 14.7. The molecule has 4 aliphatic carbocycles. The van der Waals surface area contributed by atoms with Crippen molar-refractivity contribution in [3.8, 4) is 0 Å². The molecule has 27 heteroatoms. The van der Waals surface area contributed by atoms with Crippen LogP contribution in [0.1, 0.15) is 85.5 Å². The molecule has 7 saturated heterocycles. The number of rotatable bonds is 12. The van der Waals surface area contributed by atoms with Crippen LogP contribution >= 0.6 is 0 Å². The third-order valence-electron chi connectivity index (χ3n) is 21.3. The quantitative estimate of drug-likeness (QED) is 0.0817. The van der Waals surface area contributed by atoms with E-state index >= 15 is 0 Å². The van der Waals surface area contributed by atoms with Crippen molar-refractivity contribution in [1.82, 2.24) is 0 Å². The summed E-state index contributed by atoms with van der Waals surface area (Å²) in [5.41, 5.74) is -0.684. The highest BCUT2D eigenvalue weighted by Gasteiger charge is 2.72. The highest BCUT2D eigenvalue weighted by Crippen LogP contribution is 2.70. The predicted octanol–water partition coefficient (Wildman–Crippen LogP) is -4.67. The molecule has 7 heterocycles. The number of carbonyl (C=O) groups excluding carboxylic acids is 1. The maximum absolute atomic E-state index is 14.7. The molecule has 81 heavy (non-hydrogen) atoms. The van der Waals surface area contributed by atoms with Gasteiger partial charge in [-0.15, -0.1) is 0 Å². The lowest BCUT2D eigenvalue weighted by Crippen LogP contribution is -2.68. The van der Waals surface area contributed by atoms with Gasteiger partial charge >= 0.3 is 0 Å². The first-order chi connectivity index (χ1) is 38.4. The Labute approximate surface area is 468 Å². The van der Waals surface area contributed by atoms with E-state index in [1.165, 1.54) is 0 Å². The minimum atomic E-state index is -2.24. The second-order valence-electron chi connectivity index (χ2n) is 25.8. The van der Waals surface area contributed by atoms with Crippen molar-refractivity contribution in [2.24, 2.45) is 52.3 Å². The number of aliphatic hydroxyl groups is 14. The Kier molecular flexibility index (Phi) is 17.9. The fourth-order valence-corrected chi connectivity index (χ4v) is 16.5. The number of ketones is 1. The van der Waals surface area contributed by atoms with E-state index in [4.69, 9.17) is 56.8 Å². The van der Waals surface area contributed by atoms with E-state index in [9.17, 15) is 76.3 Å². The number of fused-ring (bicyclic) bond motifs is 7. The Balaban J connectivity index is 0.780. The molecule has 0 aromatic heterocycles. The highest BCUT2D eigenvalue weighted by atomic mass is 16.8. The van der Waals surface area contributed by atoms with Crippen LogP contribution in [0.15, 0.2) is 0 Å². The molecule has 464 valence electrons. The summed E-state index contributed by atoms with van der Waals surface area (Å²) in [6.45, 7) is 6.65. The molecule has 11 rings (SSSR count). The molecule has 35 atom stereocenters. The van der Waals surface area contributed by atoms with E-state index in [2.05, 4.69) is 27.7 Å². The minimum Gasteiger partial charge on any atom is -0.394 e. The van der Waals surface area contributed by atoms with Crippen LogP contribution in [-0.2, 0) is 61.6 Å². The second-order valence-corrected chi connectivity index (χ2v) is 25.8. The summed E-state index contributed by atoms with van der Waals surface area (Å²) in [6, 6.07) is 0. The van der Waals surface area contributed by atoms with Crippen molar-refractivity contribution in [3.63, 3.8) is 0 Å². The molecular formula is C54H86O27. The van der Waals surface area contributed by atoms with Gasteiger partial charge in [-0.2, -0.15) is 0 Å². The Bertz CT molecular complexity index is 2160. The van der Waals surface area contributed by atoms with Crippen LogP contribution in [0.25, 0.3) is 0 Å². The van der Waals surface area contributed by atoms with Crippen molar-refractivity contribution in [3.05, 3.63) is 0 Å². The lowest BCUT2D eigenvalue weighted by atomic mass is 9.44. The molecule has 0 bridgehead atoms. The van der Waals surface area contributed by atoms with Crippen LogP contribution in [0, 0.1) is 52.3 Å². The first kappa shape index (κ1) is 61.3. The smallest absolute Gasteiger partial charge is 0.189 e. The van der Waals surface area contributed by atoms with Gasteiger partial charge in [0.1, 0.15) is 110 Å². The topological polar surface area (TPSA) is 411 Å². The summed E-state index contributed by atoms with van der Waals surface area (Å²) in [5, 5.41) is 153. The largest absolute Gasteiger partial charge is 0.394 e. The summed E-state index contributed by atoms with van der Waals surface area (Å²) in [5.74, 6) is 1.20. The van der Waals surface area contributed by atoms with E-state index in [-0.39, 0.29) is 41.1 Å². The number of hydrogen-bond donors (Lipinski definition) is 14. The predicted molar refractivity (Wildman–Crippen MR) is 264 cm³/mol. The van der Waals surface area contributed by atoms with E-state index < -0.39 is 185 Å². The Hall–Kier alpha value is -1.37. The highest BCUT2D eigenvalue weighted by molar-refractivity contribution is 5.87. The SMILES string of the molecule is CC1CCC2(OC1)OC1CC3C4CCC5CC(OC6OC(CO)C(OC7OC(CO)C(O)C(OC8OCC(O)C(O)C8O)C7OC7OC(O)C(O)C(OC8OCC(O)C(O)C8O)C7O)C(O)C6O)CCC5(C)C4CC(=O)C3(C)C1C2C. The first-order valence-electron chi connectivity index (χ1n) is 29.1. The minimum absolute atomic E-state index is 0.0318. The first-order valence-corrected chi connectivity index (χ1v) is 29.1. The molecule has 1 spiro atoms. The maximum atomic E-state index is 14.7. The van der Waals surface area contributed by atoms with Gasteiger partial charge in [0.2, 0.25) is 0 Å². The summed E-state index contributed by atoms with van der Waals surface area (Å²) in [6.07, 6.45) is -36.5. The molecule has 7 aliphatic heterocycles. The van der Waals surface area contributed by atoms with Gasteiger partial charge in [0, 0.05) is 30.1 Å². The Morgan fingerprint density at radius 2 is 1.15 bits per heavy atom. The summed E-state index contributed by atoms with van der Waals surface area (Å²) < 4.78 is 72.1. The van der Waals surface area contributed by atoms with Crippen molar-refractivity contribution < 1.29 is 133 Å². The molecule has 0 radical (unpaired) electrons. The van der Waals surface area contributed by atoms with Gasteiger partial charge in [-0.25, -0.2) is 0 Å². The molecule has 35 unspecified atom stereocenters. The lowest BCUT2D eigenvalue weighted by Gasteiger charge is -2.60. The van der Waals surface area contributed by atoms with Crippen molar-refractivity contribution >= 4 is 5.78 Å². The molecule has 14 N–H and O–H groups in total. The van der Waals surface area contributed by atoms with Gasteiger partial charge in [-0.3, -0.25) is 4.79 Å². The number of carbonyl (C=O) groups is 1. The van der Waals surface area contributed by atoms with Crippen LogP contribution in [0.4, 0.5) is 0 Å². The monoisotopic (exact) mass is 1170 g/mol. The van der Waals surface area contributed by atoms with E-state index in [0.29, 0.717) is 43.5 Å². The van der Waals surface area contributed by atoms with E-state index in [1.54, 1.807) is 0 Å². The summed E-state index contributed by atoms with van der Waals surface area (Å²) >= 11 is 0. The molecule has 0 aromatic rings. The second kappa shape index (κ2) is 23.6. The van der Waals surface area contributed by atoms with Crippen molar-refractivity contribution in [2.75, 3.05) is 33.0 Å². The molecule has 0 aromatic carbocycles. The average molecular weight is 1170 g/mol. The maximum Gasteiger partial charge on any atom is 0.189 e. The van der Waals surface area contributed by atoms with Gasteiger partial charge < -0.3 is 128 Å². The number of hydrogen-bond acceptors (Lipinski definition) is 27. The summed E-state index contributed by atoms with van der Waals surface area (Å²) in [7, 11) is 0. The zero-order valence-electron chi connectivity index (χ0n) is 45.9. The van der Waals surface area contributed by atoms with Gasteiger partial charge in [0.05, 0.1) is 45.2 Å². The van der Waals surface area contributed by atoms with E-state index in [1.807, 2.05) is 0 Å². The number of Topliss-reactive ketones (excluding diaryl/α,β-unsaturated/α-hetero) is 1. The van der Waals surface area contributed by atoms with Crippen molar-refractivity contribution in [1.29, 1.82) is 0 Å². The number of ether oxygens (including phenoxy) is 12. The zero-order chi connectivity index (χ0) is 57.9. The molecule has 11 fully saturated rings. The van der Waals surface area contributed by atoms with Gasteiger partial charge in [0.25, 0.3) is 0 Å². The Morgan fingerprint density at radius 3 is 1.79 bits per heavy atom. The Morgan fingerprint density at radius 1 is 0.543 bits per heavy atom. The standard InChI is InChI=1S/C54H86O27/c1-19-7-10-54(72-16-19)20(2)32-28(81-54)12-25-23-6-5-21-11-22(8-9-52(21,3)24(23)13-31(59)53(25,32)4)73-49-39(66)36(63)42(30(15-56)75-49)76-51-45(44(35(62)29(14-55)74-51)78-48-38(65)34(61)27(58)18-71-48)79-50-41(68)43(40(67)46(69)80-50)77-47-37(64)33(60)26(57)17-70-47/h19-30,32-51,55-58,60-69H,5-18H2,1-4H3. The third-order valence-corrected chi connectivity index (χ3v) is 21.3. The molecular weight excluding hydrogens is 1080 g/mol.